The van der Waals surface area contributed by atoms with Gasteiger partial charge in [-0.2, -0.15) is 0 Å². The largest absolute Gasteiger partial charge is 0.447 e. The van der Waals surface area contributed by atoms with Crippen LogP contribution in [0.15, 0.2) is 24.3 Å². The average molecular weight is 295 g/mol. The molecular weight excluding hydrogens is 277 g/mol. The molecule has 1 fully saturated rings. The van der Waals surface area contributed by atoms with Crippen LogP contribution in [-0.4, -0.2) is 31.1 Å². The molecule has 0 radical (unpaired) electrons. The number of carbonyl (C=O) groups is 2. The molecular formula is C15H18FNO4. The maximum absolute atomic E-state index is 12.9. The van der Waals surface area contributed by atoms with Gasteiger partial charge in [-0.25, -0.2) is 4.39 Å². The first-order chi connectivity index (χ1) is 10.1. The fraction of sp³-hybridized carbons (Fsp3) is 0.467. The Kier molecular flexibility index (Phi) is 5.27. The Labute approximate surface area is 122 Å². The van der Waals surface area contributed by atoms with Crippen LogP contribution >= 0.6 is 0 Å². The molecule has 0 aliphatic carbocycles. The first-order valence-corrected chi connectivity index (χ1v) is 6.88. The fourth-order valence-electron chi connectivity index (χ4n) is 2.19. The molecule has 0 saturated carbocycles. The minimum absolute atomic E-state index is 0.000135. The van der Waals surface area contributed by atoms with E-state index in [0.29, 0.717) is 18.7 Å². The maximum atomic E-state index is 12.9. The van der Waals surface area contributed by atoms with E-state index in [9.17, 15) is 14.0 Å². The lowest BCUT2D eigenvalue weighted by atomic mass is 10.1. The molecule has 5 nitrogen and oxygen atoms in total. The third-order valence-electron chi connectivity index (χ3n) is 3.22. The summed E-state index contributed by atoms with van der Waals surface area (Å²) in [6, 6.07) is 5.29. The molecule has 0 bridgehead atoms. The first kappa shape index (κ1) is 15.4. The number of halogens is 1. The zero-order valence-electron chi connectivity index (χ0n) is 11.8. The van der Waals surface area contributed by atoms with Crippen LogP contribution in [0.4, 0.5) is 4.39 Å². The van der Waals surface area contributed by atoms with Crippen LogP contribution in [0, 0.1) is 5.82 Å². The van der Waals surface area contributed by atoms with Gasteiger partial charge in [-0.3, -0.25) is 9.59 Å². The van der Waals surface area contributed by atoms with Crippen molar-refractivity contribution in [3.8, 4) is 0 Å². The van der Waals surface area contributed by atoms with Crippen LogP contribution in [0.1, 0.15) is 31.4 Å². The second kappa shape index (κ2) is 7.17. The van der Waals surface area contributed by atoms with Crippen LogP contribution in [0.5, 0.6) is 0 Å². The Morgan fingerprint density at radius 3 is 2.71 bits per heavy atom. The van der Waals surface area contributed by atoms with Crippen LogP contribution in [0.2, 0.25) is 0 Å². The van der Waals surface area contributed by atoms with E-state index in [4.69, 9.17) is 9.47 Å². The lowest BCUT2D eigenvalue weighted by molar-refractivity contribution is -0.154. The monoisotopic (exact) mass is 295 g/mol. The number of rotatable bonds is 5. The number of esters is 1. The van der Waals surface area contributed by atoms with Gasteiger partial charge in [-0.15, -0.1) is 0 Å². The predicted molar refractivity (Wildman–Crippen MR) is 72.9 cm³/mol. The van der Waals surface area contributed by atoms with Crippen molar-refractivity contribution >= 4 is 11.9 Å². The van der Waals surface area contributed by atoms with E-state index in [-0.39, 0.29) is 6.10 Å². The maximum Gasteiger partial charge on any atom is 0.303 e. The molecule has 1 aromatic carbocycles. The van der Waals surface area contributed by atoms with Gasteiger partial charge in [0.25, 0.3) is 5.91 Å². The standard InChI is InChI=1S/C15H18FNO4/c1-10(18)21-14(11-4-6-12(16)7-5-11)15(19)17-9-13-3-2-8-20-13/h4-7,13-14H,2-3,8-9H2,1H3,(H,17,19)/t13-,14-/m0/s1. The molecule has 2 atom stereocenters. The van der Waals surface area contributed by atoms with Crippen molar-refractivity contribution in [2.75, 3.05) is 13.2 Å². The molecule has 1 amide bonds. The minimum Gasteiger partial charge on any atom is -0.447 e. The van der Waals surface area contributed by atoms with E-state index in [2.05, 4.69) is 5.32 Å². The lowest BCUT2D eigenvalue weighted by Crippen LogP contribution is -2.36. The van der Waals surface area contributed by atoms with Gasteiger partial charge < -0.3 is 14.8 Å². The molecule has 0 spiro atoms. The second-order valence-electron chi connectivity index (χ2n) is 4.92. The number of benzene rings is 1. The number of carbonyl (C=O) groups excluding carboxylic acids is 2. The van der Waals surface area contributed by atoms with Gasteiger partial charge in [-0.1, -0.05) is 12.1 Å². The van der Waals surface area contributed by atoms with Crippen molar-refractivity contribution in [1.82, 2.24) is 5.32 Å². The van der Waals surface area contributed by atoms with E-state index < -0.39 is 23.8 Å². The summed E-state index contributed by atoms with van der Waals surface area (Å²) in [6.07, 6.45) is 0.797. The molecule has 1 aromatic rings. The highest BCUT2D eigenvalue weighted by Crippen LogP contribution is 2.19. The molecule has 1 aliphatic heterocycles. The molecule has 1 heterocycles. The Morgan fingerprint density at radius 2 is 2.14 bits per heavy atom. The van der Waals surface area contributed by atoms with Crippen LogP contribution < -0.4 is 5.32 Å². The smallest absolute Gasteiger partial charge is 0.303 e. The summed E-state index contributed by atoms with van der Waals surface area (Å²) >= 11 is 0. The second-order valence-corrected chi connectivity index (χ2v) is 4.92. The van der Waals surface area contributed by atoms with E-state index in [1.54, 1.807) is 0 Å². The van der Waals surface area contributed by atoms with Crippen LogP contribution in [-0.2, 0) is 19.1 Å². The van der Waals surface area contributed by atoms with Gasteiger partial charge in [0.1, 0.15) is 5.82 Å². The average Bonchev–Trinajstić information content (AvgIpc) is 2.96. The van der Waals surface area contributed by atoms with Gasteiger partial charge in [0.05, 0.1) is 6.10 Å². The first-order valence-electron chi connectivity index (χ1n) is 6.88. The number of nitrogens with one attached hydrogen (secondary N) is 1. The van der Waals surface area contributed by atoms with Gasteiger partial charge in [0.2, 0.25) is 6.10 Å². The Hall–Kier alpha value is -1.95. The Morgan fingerprint density at radius 1 is 1.43 bits per heavy atom. The Balaban J connectivity index is 2.01. The lowest BCUT2D eigenvalue weighted by Gasteiger charge is -2.18. The van der Waals surface area contributed by atoms with E-state index >= 15 is 0 Å². The Bertz CT molecular complexity index is 497. The molecule has 1 N–H and O–H groups in total. The summed E-state index contributed by atoms with van der Waals surface area (Å²) in [5.74, 6) is -1.43. The summed E-state index contributed by atoms with van der Waals surface area (Å²) in [6.45, 7) is 2.30. The summed E-state index contributed by atoms with van der Waals surface area (Å²) in [5, 5.41) is 2.71. The zero-order valence-corrected chi connectivity index (χ0v) is 11.8. The molecule has 1 aliphatic rings. The van der Waals surface area contributed by atoms with Gasteiger partial charge in [-0.05, 0) is 25.0 Å². The normalized spacial score (nSPS) is 19.0. The fourth-order valence-corrected chi connectivity index (χ4v) is 2.19. The zero-order chi connectivity index (χ0) is 15.2. The highest BCUT2D eigenvalue weighted by molar-refractivity contribution is 5.84. The number of hydrogen-bond acceptors (Lipinski definition) is 4. The molecule has 0 aromatic heterocycles. The number of hydrogen-bond donors (Lipinski definition) is 1. The molecule has 1 saturated heterocycles. The topological polar surface area (TPSA) is 64.6 Å². The van der Waals surface area contributed by atoms with Crippen molar-refractivity contribution in [2.45, 2.75) is 32.0 Å². The van der Waals surface area contributed by atoms with E-state index in [1.165, 1.54) is 31.2 Å². The SMILES string of the molecule is CC(=O)O[C@H](C(=O)NC[C@@H]1CCCO1)c1ccc(F)cc1. The number of amides is 1. The quantitative estimate of drug-likeness (QED) is 0.840. The molecule has 21 heavy (non-hydrogen) atoms. The van der Waals surface area contributed by atoms with Crippen molar-refractivity contribution in [2.24, 2.45) is 0 Å². The van der Waals surface area contributed by atoms with Gasteiger partial charge >= 0.3 is 5.97 Å². The summed E-state index contributed by atoms with van der Waals surface area (Å²) in [4.78, 5) is 23.3. The summed E-state index contributed by atoms with van der Waals surface area (Å²) < 4.78 is 23.4. The third kappa shape index (κ3) is 4.53. The van der Waals surface area contributed by atoms with Crippen molar-refractivity contribution in [1.29, 1.82) is 0 Å². The molecule has 0 unspecified atom stereocenters. The van der Waals surface area contributed by atoms with E-state index in [0.717, 1.165) is 12.8 Å². The van der Waals surface area contributed by atoms with Crippen LogP contribution in [0.25, 0.3) is 0 Å². The van der Waals surface area contributed by atoms with Crippen LogP contribution in [0.3, 0.4) is 0 Å². The highest BCUT2D eigenvalue weighted by Gasteiger charge is 2.25. The molecule has 114 valence electrons. The van der Waals surface area contributed by atoms with Crippen molar-refractivity contribution in [3.05, 3.63) is 35.6 Å². The predicted octanol–water partition coefficient (Wildman–Crippen LogP) is 1.73. The molecule has 6 heteroatoms. The molecule has 2 rings (SSSR count). The van der Waals surface area contributed by atoms with Crippen molar-refractivity contribution in [3.63, 3.8) is 0 Å². The summed E-state index contributed by atoms with van der Waals surface area (Å²) in [5.41, 5.74) is 0.427. The van der Waals surface area contributed by atoms with Gasteiger partial charge in [0.15, 0.2) is 0 Å². The highest BCUT2D eigenvalue weighted by atomic mass is 19.1. The third-order valence-corrected chi connectivity index (χ3v) is 3.22. The minimum atomic E-state index is -1.08. The van der Waals surface area contributed by atoms with Gasteiger partial charge in [0, 0.05) is 25.6 Å². The van der Waals surface area contributed by atoms with Crippen molar-refractivity contribution < 1.29 is 23.5 Å². The van der Waals surface area contributed by atoms with E-state index in [1.807, 2.05) is 0 Å². The summed E-state index contributed by atoms with van der Waals surface area (Å²) in [7, 11) is 0. The number of ether oxygens (including phenoxy) is 2.